The first kappa shape index (κ1) is 13.9. The van der Waals surface area contributed by atoms with E-state index in [1.807, 2.05) is 18.2 Å². The number of aryl methyl sites for hydroxylation is 1. The molecule has 1 aliphatic carbocycles. The zero-order chi connectivity index (χ0) is 14.8. The van der Waals surface area contributed by atoms with Crippen LogP contribution in [0.4, 0.5) is 11.5 Å². The molecule has 1 unspecified atom stereocenters. The molecule has 0 bridgehead atoms. The van der Waals surface area contributed by atoms with Crippen LogP contribution in [0.5, 0.6) is 0 Å². The Morgan fingerprint density at radius 3 is 2.81 bits per heavy atom. The van der Waals surface area contributed by atoms with E-state index in [1.165, 1.54) is 29.7 Å². The monoisotopic (exact) mass is 282 g/mol. The van der Waals surface area contributed by atoms with E-state index in [4.69, 9.17) is 5.73 Å². The molecule has 0 amide bonds. The van der Waals surface area contributed by atoms with Gasteiger partial charge in [-0.3, -0.25) is 0 Å². The maximum atomic E-state index is 5.90. The number of nitrogen functional groups attached to an aromatic ring is 1. The van der Waals surface area contributed by atoms with Gasteiger partial charge >= 0.3 is 0 Å². The van der Waals surface area contributed by atoms with Gasteiger partial charge < -0.3 is 10.6 Å². The summed E-state index contributed by atoms with van der Waals surface area (Å²) >= 11 is 0. The van der Waals surface area contributed by atoms with Crippen LogP contribution in [0.25, 0.3) is 0 Å². The van der Waals surface area contributed by atoms with E-state index >= 15 is 0 Å². The molecule has 3 rings (SSSR count). The Morgan fingerprint density at radius 1 is 1.19 bits per heavy atom. The summed E-state index contributed by atoms with van der Waals surface area (Å²) in [6.07, 6.45) is 6.32. The highest BCUT2D eigenvalue weighted by atomic mass is 15.2. The second-order valence-electron chi connectivity index (χ2n) is 5.79. The van der Waals surface area contributed by atoms with Gasteiger partial charge in [-0.05, 0) is 50.3 Å². The maximum absolute atomic E-state index is 5.90. The molecule has 0 radical (unpaired) electrons. The lowest BCUT2D eigenvalue weighted by Gasteiger charge is -2.30. The number of benzene rings is 1. The average Bonchev–Trinajstić information content (AvgIpc) is 2.53. The number of anilines is 2. The summed E-state index contributed by atoms with van der Waals surface area (Å²) in [4.78, 5) is 11.2. The Balaban J connectivity index is 1.93. The number of nitrogens with two attached hydrogens (primary N) is 1. The molecule has 0 saturated heterocycles. The Hall–Kier alpha value is -2.10. The third-order valence-electron chi connectivity index (χ3n) is 4.41. The quantitative estimate of drug-likeness (QED) is 0.879. The van der Waals surface area contributed by atoms with Gasteiger partial charge in [0.1, 0.15) is 12.1 Å². The van der Waals surface area contributed by atoms with Crippen molar-refractivity contribution >= 4 is 11.5 Å². The van der Waals surface area contributed by atoms with Gasteiger partial charge in [-0.1, -0.05) is 12.1 Å². The fourth-order valence-corrected chi connectivity index (χ4v) is 3.03. The van der Waals surface area contributed by atoms with Gasteiger partial charge in [-0.25, -0.2) is 9.97 Å². The molecule has 1 aromatic carbocycles. The lowest BCUT2D eigenvalue weighted by Crippen LogP contribution is -2.25. The Labute approximate surface area is 126 Å². The Morgan fingerprint density at radius 2 is 2.00 bits per heavy atom. The molecule has 1 aromatic heterocycles. The molecule has 21 heavy (non-hydrogen) atoms. The van der Waals surface area contributed by atoms with Gasteiger partial charge in [0.2, 0.25) is 0 Å². The first-order valence-corrected chi connectivity index (χ1v) is 7.58. The van der Waals surface area contributed by atoms with E-state index in [0.717, 1.165) is 24.3 Å². The number of hydrogen-bond donors (Lipinski definition) is 1. The molecule has 4 nitrogen and oxygen atoms in total. The van der Waals surface area contributed by atoms with E-state index in [-0.39, 0.29) is 6.04 Å². The molecule has 1 aliphatic rings. The first-order chi connectivity index (χ1) is 10.2. The minimum atomic E-state index is 0.231. The van der Waals surface area contributed by atoms with Crippen LogP contribution < -0.4 is 10.6 Å². The molecule has 2 N–H and O–H groups in total. The minimum absolute atomic E-state index is 0.231. The van der Waals surface area contributed by atoms with E-state index in [1.54, 1.807) is 6.33 Å². The third kappa shape index (κ3) is 2.71. The number of rotatable bonds is 3. The van der Waals surface area contributed by atoms with Crippen LogP contribution >= 0.6 is 0 Å². The summed E-state index contributed by atoms with van der Waals surface area (Å²) in [6.45, 7) is 2.19. The number of fused-ring (bicyclic) bond motifs is 1. The summed E-state index contributed by atoms with van der Waals surface area (Å²) in [7, 11) is 2.10. The van der Waals surface area contributed by atoms with Crippen LogP contribution in [-0.4, -0.2) is 17.0 Å². The van der Waals surface area contributed by atoms with Crippen LogP contribution in [0.15, 0.2) is 30.6 Å². The van der Waals surface area contributed by atoms with Crippen molar-refractivity contribution in [1.82, 2.24) is 9.97 Å². The molecule has 4 heteroatoms. The highest BCUT2D eigenvalue weighted by Crippen LogP contribution is 2.31. The fraction of sp³-hybridized carbons (Fsp3) is 0.412. The standard InChI is InChI=1S/C17H22N4/c1-12(13-6-5-7-14(18)10-13)21(2)17-15-8-3-4-9-16(15)19-11-20-17/h5-7,10-12H,3-4,8-9,18H2,1-2H3. The van der Waals surface area contributed by atoms with Crippen LogP contribution in [0.1, 0.15) is 42.6 Å². The molecular weight excluding hydrogens is 260 g/mol. The predicted molar refractivity (Wildman–Crippen MR) is 86.3 cm³/mol. The van der Waals surface area contributed by atoms with Crippen LogP contribution in [-0.2, 0) is 12.8 Å². The van der Waals surface area contributed by atoms with E-state index in [0.29, 0.717) is 0 Å². The van der Waals surface area contributed by atoms with Gasteiger partial charge in [0.25, 0.3) is 0 Å². The fourth-order valence-electron chi connectivity index (χ4n) is 3.03. The van der Waals surface area contributed by atoms with Gasteiger partial charge in [0, 0.05) is 24.0 Å². The van der Waals surface area contributed by atoms with Crippen molar-refractivity contribution in [3.8, 4) is 0 Å². The molecule has 1 atom stereocenters. The molecule has 0 spiro atoms. The van der Waals surface area contributed by atoms with Crippen molar-refractivity contribution in [2.75, 3.05) is 17.7 Å². The molecule has 2 aromatic rings. The van der Waals surface area contributed by atoms with Gasteiger partial charge in [-0.15, -0.1) is 0 Å². The molecule has 110 valence electrons. The molecule has 0 saturated carbocycles. The summed E-state index contributed by atoms with van der Waals surface area (Å²) in [5.41, 5.74) is 10.5. The van der Waals surface area contributed by atoms with Crippen LogP contribution in [0.2, 0.25) is 0 Å². The SMILES string of the molecule is CC(c1cccc(N)c1)N(C)c1ncnc2c1CCCC2. The maximum Gasteiger partial charge on any atom is 0.135 e. The number of aromatic nitrogens is 2. The largest absolute Gasteiger partial charge is 0.399 e. The number of hydrogen-bond acceptors (Lipinski definition) is 4. The van der Waals surface area contributed by atoms with Gasteiger partial charge in [-0.2, -0.15) is 0 Å². The normalized spacial score (nSPS) is 15.3. The summed E-state index contributed by atoms with van der Waals surface area (Å²) in [5, 5.41) is 0. The molecular formula is C17H22N4. The number of nitrogens with zero attached hydrogens (tertiary/aromatic N) is 3. The minimum Gasteiger partial charge on any atom is -0.399 e. The summed E-state index contributed by atoms with van der Waals surface area (Å²) in [6, 6.07) is 8.31. The van der Waals surface area contributed by atoms with Crippen molar-refractivity contribution in [1.29, 1.82) is 0 Å². The van der Waals surface area contributed by atoms with Crippen molar-refractivity contribution in [3.05, 3.63) is 47.4 Å². The van der Waals surface area contributed by atoms with Crippen molar-refractivity contribution < 1.29 is 0 Å². The summed E-state index contributed by atoms with van der Waals surface area (Å²) < 4.78 is 0. The van der Waals surface area contributed by atoms with Gasteiger partial charge in [0.05, 0.1) is 6.04 Å². The van der Waals surface area contributed by atoms with Crippen molar-refractivity contribution in [2.45, 2.75) is 38.6 Å². The smallest absolute Gasteiger partial charge is 0.135 e. The van der Waals surface area contributed by atoms with E-state index in [9.17, 15) is 0 Å². The van der Waals surface area contributed by atoms with Crippen LogP contribution in [0, 0.1) is 0 Å². The molecule has 0 aliphatic heterocycles. The highest BCUT2D eigenvalue weighted by Gasteiger charge is 2.21. The first-order valence-electron chi connectivity index (χ1n) is 7.58. The topological polar surface area (TPSA) is 55.0 Å². The lowest BCUT2D eigenvalue weighted by atomic mass is 9.95. The van der Waals surface area contributed by atoms with Gasteiger partial charge in [0.15, 0.2) is 0 Å². The van der Waals surface area contributed by atoms with Crippen LogP contribution in [0.3, 0.4) is 0 Å². The van der Waals surface area contributed by atoms with E-state index in [2.05, 4.69) is 34.9 Å². The summed E-state index contributed by atoms with van der Waals surface area (Å²) in [5.74, 6) is 1.06. The Kier molecular flexibility index (Phi) is 3.78. The second-order valence-corrected chi connectivity index (χ2v) is 5.79. The van der Waals surface area contributed by atoms with E-state index < -0.39 is 0 Å². The second kappa shape index (κ2) is 5.72. The van der Waals surface area contributed by atoms with Crippen molar-refractivity contribution in [3.63, 3.8) is 0 Å². The Bertz CT molecular complexity index is 638. The zero-order valence-corrected chi connectivity index (χ0v) is 12.7. The van der Waals surface area contributed by atoms with Crippen molar-refractivity contribution in [2.24, 2.45) is 0 Å². The highest BCUT2D eigenvalue weighted by molar-refractivity contribution is 5.52. The lowest BCUT2D eigenvalue weighted by molar-refractivity contribution is 0.647. The molecule has 0 fully saturated rings. The average molecular weight is 282 g/mol. The predicted octanol–water partition coefficient (Wildman–Crippen LogP) is 3.14. The third-order valence-corrected chi connectivity index (χ3v) is 4.41. The zero-order valence-electron chi connectivity index (χ0n) is 12.7. The molecule has 1 heterocycles.